The molecule has 0 saturated heterocycles. The number of carbonyl (C=O) groups excluding carboxylic acids is 1. The van der Waals surface area contributed by atoms with Gasteiger partial charge in [-0.1, -0.05) is 48.5 Å². The van der Waals surface area contributed by atoms with Crippen LogP contribution in [0.4, 0.5) is 0 Å². The SMILES string of the molecule is Cc1cc(C(=O)NCc2ccccc2)c(C)n1-c1ccccc1. The van der Waals surface area contributed by atoms with Gasteiger partial charge in [-0.05, 0) is 37.6 Å². The Morgan fingerprint density at radius 2 is 1.57 bits per heavy atom. The van der Waals surface area contributed by atoms with E-state index in [1.54, 1.807) is 0 Å². The fraction of sp³-hybridized carbons (Fsp3) is 0.150. The molecular weight excluding hydrogens is 284 g/mol. The van der Waals surface area contributed by atoms with Crippen molar-refractivity contribution in [3.63, 3.8) is 0 Å². The Morgan fingerprint density at radius 3 is 2.22 bits per heavy atom. The molecule has 2 aromatic carbocycles. The van der Waals surface area contributed by atoms with E-state index in [0.717, 1.165) is 28.2 Å². The molecule has 0 unspecified atom stereocenters. The van der Waals surface area contributed by atoms with Crippen molar-refractivity contribution in [3.8, 4) is 5.69 Å². The second kappa shape index (κ2) is 6.53. The van der Waals surface area contributed by atoms with E-state index in [-0.39, 0.29) is 5.91 Å². The van der Waals surface area contributed by atoms with Crippen LogP contribution in [0.15, 0.2) is 66.7 Å². The van der Waals surface area contributed by atoms with E-state index in [2.05, 4.69) is 9.88 Å². The van der Waals surface area contributed by atoms with Gasteiger partial charge in [-0.2, -0.15) is 0 Å². The van der Waals surface area contributed by atoms with Gasteiger partial charge in [0.05, 0.1) is 5.56 Å². The minimum atomic E-state index is -0.0378. The zero-order chi connectivity index (χ0) is 16.2. The first-order valence-electron chi connectivity index (χ1n) is 7.73. The largest absolute Gasteiger partial charge is 0.348 e. The van der Waals surface area contributed by atoms with Crippen molar-refractivity contribution in [2.24, 2.45) is 0 Å². The molecule has 0 spiro atoms. The maximum atomic E-state index is 12.5. The Labute approximate surface area is 136 Å². The first kappa shape index (κ1) is 15.1. The highest BCUT2D eigenvalue weighted by Crippen LogP contribution is 2.20. The van der Waals surface area contributed by atoms with Crippen LogP contribution in [0.25, 0.3) is 5.69 Å². The Hall–Kier alpha value is -2.81. The molecule has 0 aliphatic heterocycles. The Morgan fingerprint density at radius 1 is 0.957 bits per heavy atom. The topological polar surface area (TPSA) is 34.0 Å². The van der Waals surface area contributed by atoms with E-state index in [4.69, 9.17) is 0 Å². The molecule has 1 heterocycles. The zero-order valence-corrected chi connectivity index (χ0v) is 13.4. The molecule has 0 bridgehead atoms. The number of carbonyl (C=O) groups is 1. The van der Waals surface area contributed by atoms with E-state index < -0.39 is 0 Å². The predicted molar refractivity (Wildman–Crippen MR) is 92.9 cm³/mol. The predicted octanol–water partition coefficient (Wildman–Crippen LogP) is 4.02. The van der Waals surface area contributed by atoms with Crippen LogP contribution in [0.1, 0.15) is 27.3 Å². The molecular formula is C20H20N2O. The van der Waals surface area contributed by atoms with Crippen LogP contribution in [-0.2, 0) is 6.54 Å². The molecule has 0 fully saturated rings. The summed E-state index contributed by atoms with van der Waals surface area (Å²) in [5.41, 5.74) is 4.91. The fourth-order valence-electron chi connectivity index (χ4n) is 2.84. The summed E-state index contributed by atoms with van der Waals surface area (Å²) >= 11 is 0. The molecule has 3 aromatic rings. The minimum absolute atomic E-state index is 0.0378. The summed E-state index contributed by atoms with van der Waals surface area (Å²) in [5.74, 6) is -0.0378. The molecule has 3 nitrogen and oxygen atoms in total. The molecule has 1 aromatic heterocycles. The van der Waals surface area contributed by atoms with Crippen molar-refractivity contribution in [2.75, 3.05) is 0 Å². The number of nitrogens with one attached hydrogen (secondary N) is 1. The highest BCUT2D eigenvalue weighted by atomic mass is 16.1. The van der Waals surface area contributed by atoms with Gasteiger partial charge in [0.15, 0.2) is 0 Å². The average molecular weight is 304 g/mol. The summed E-state index contributed by atoms with van der Waals surface area (Å²) in [6.45, 7) is 4.54. The quantitative estimate of drug-likeness (QED) is 0.776. The molecule has 0 saturated carbocycles. The normalized spacial score (nSPS) is 10.5. The molecule has 1 amide bonds. The van der Waals surface area contributed by atoms with Gasteiger partial charge in [0.25, 0.3) is 5.91 Å². The van der Waals surface area contributed by atoms with Crippen molar-refractivity contribution in [3.05, 3.63) is 89.2 Å². The minimum Gasteiger partial charge on any atom is -0.348 e. The maximum Gasteiger partial charge on any atom is 0.253 e. The standard InChI is InChI=1S/C20H20N2O/c1-15-13-19(16(2)22(15)18-11-7-4-8-12-18)20(23)21-14-17-9-5-3-6-10-17/h3-13H,14H2,1-2H3,(H,21,23). The van der Waals surface area contributed by atoms with E-state index in [1.165, 1.54) is 0 Å². The van der Waals surface area contributed by atoms with Crippen LogP contribution >= 0.6 is 0 Å². The molecule has 116 valence electrons. The van der Waals surface area contributed by atoms with Gasteiger partial charge in [-0.25, -0.2) is 0 Å². The van der Waals surface area contributed by atoms with Crippen LogP contribution in [0, 0.1) is 13.8 Å². The smallest absolute Gasteiger partial charge is 0.253 e. The maximum absolute atomic E-state index is 12.5. The van der Waals surface area contributed by atoms with Crippen molar-refractivity contribution in [1.29, 1.82) is 0 Å². The van der Waals surface area contributed by atoms with Crippen molar-refractivity contribution < 1.29 is 4.79 Å². The summed E-state index contributed by atoms with van der Waals surface area (Å²) in [6.07, 6.45) is 0. The highest BCUT2D eigenvalue weighted by Gasteiger charge is 2.16. The number of nitrogens with zero attached hydrogens (tertiary/aromatic N) is 1. The van der Waals surface area contributed by atoms with Gasteiger partial charge in [0.2, 0.25) is 0 Å². The summed E-state index contributed by atoms with van der Waals surface area (Å²) in [7, 11) is 0. The van der Waals surface area contributed by atoms with Crippen molar-refractivity contribution >= 4 is 5.91 Å². The lowest BCUT2D eigenvalue weighted by Crippen LogP contribution is -2.23. The van der Waals surface area contributed by atoms with Gasteiger partial charge in [0.1, 0.15) is 0 Å². The molecule has 23 heavy (non-hydrogen) atoms. The van der Waals surface area contributed by atoms with Crippen LogP contribution in [0.2, 0.25) is 0 Å². The van der Waals surface area contributed by atoms with Gasteiger partial charge >= 0.3 is 0 Å². The Balaban J connectivity index is 1.82. The zero-order valence-electron chi connectivity index (χ0n) is 13.4. The summed E-state index contributed by atoms with van der Waals surface area (Å²) < 4.78 is 2.11. The fourth-order valence-corrected chi connectivity index (χ4v) is 2.84. The number of aryl methyl sites for hydroxylation is 1. The highest BCUT2D eigenvalue weighted by molar-refractivity contribution is 5.95. The Bertz CT molecular complexity index is 804. The van der Waals surface area contributed by atoms with Crippen LogP contribution in [-0.4, -0.2) is 10.5 Å². The average Bonchev–Trinajstić information content (AvgIpc) is 2.89. The molecule has 3 heteroatoms. The number of hydrogen-bond donors (Lipinski definition) is 1. The first-order valence-corrected chi connectivity index (χ1v) is 7.73. The van der Waals surface area contributed by atoms with Crippen LogP contribution in [0.3, 0.4) is 0 Å². The molecule has 0 atom stereocenters. The lowest BCUT2D eigenvalue weighted by Gasteiger charge is -2.10. The molecule has 0 aliphatic carbocycles. The molecule has 0 aliphatic rings. The second-order valence-electron chi connectivity index (χ2n) is 5.62. The summed E-state index contributed by atoms with van der Waals surface area (Å²) in [5, 5.41) is 3.00. The van der Waals surface area contributed by atoms with E-state index >= 15 is 0 Å². The van der Waals surface area contributed by atoms with Gasteiger partial charge in [0, 0.05) is 23.6 Å². The first-order chi connectivity index (χ1) is 11.2. The van der Waals surface area contributed by atoms with Gasteiger partial charge < -0.3 is 9.88 Å². The van der Waals surface area contributed by atoms with Crippen molar-refractivity contribution in [1.82, 2.24) is 9.88 Å². The third-order valence-corrected chi connectivity index (χ3v) is 3.99. The van der Waals surface area contributed by atoms with E-state index in [0.29, 0.717) is 6.54 Å². The number of aromatic nitrogens is 1. The van der Waals surface area contributed by atoms with Crippen molar-refractivity contribution in [2.45, 2.75) is 20.4 Å². The Kier molecular flexibility index (Phi) is 4.29. The lowest BCUT2D eigenvalue weighted by atomic mass is 10.2. The van der Waals surface area contributed by atoms with Crippen LogP contribution in [0.5, 0.6) is 0 Å². The monoisotopic (exact) mass is 304 g/mol. The number of benzene rings is 2. The number of rotatable bonds is 4. The second-order valence-corrected chi connectivity index (χ2v) is 5.62. The van der Waals surface area contributed by atoms with E-state index in [1.807, 2.05) is 80.6 Å². The molecule has 0 radical (unpaired) electrons. The van der Waals surface area contributed by atoms with Gasteiger partial charge in [-0.15, -0.1) is 0 Å². The van der Waals surface area contributed by atoms with E-state index in [9.17, 15) is 4.79 Å². The molecule has 3 rings (SSSR count). The number of amides is 1. The molecule has 1 N–H and O–H groups in total. The summed E-state index contributed by atoms with van der Waals surface area (Å²) in [4.78, 5) is 12.5. The number of hydrogen-bond acceptors (Lipinski definition) is 1. The van der Waals surface area contributed by atoms with Crippen LogP contribution < -0.4 is 5.32 Å². The third kappa shape index (κ3) is 3.19. The lowest BCUT2D eigenvalue weighted by molar-refractivity contribution is 0.0950. The summed E-state index contributed by atoms with van der Waals surface area (Å²) in [6, 6.07) is 22.0. The van der Waals surface area contributed by atoms with Gasteiger partial charge in [-0.3, -0.25) is 4.79 Å². The third-order valence-electron chi connectivity index (χ3n) is 3.99. The number of para-hydroxylation sites is 1.